The first kappa shape index (κ1) is 12.2. The number of rotatable bonds is 2. The number of benzene rings is 3. The molecule has 0 amide bonds. The van der Waals surface area contributed by atoms with Crippen LogP contribution in [-0.2, 0) is 0 Å². The Kier molecular flexibility index (Phi) is 2.84. The lowest BCUT2D eigenvalue weighted by Crippen LogP contribution is -1.96. The Hall–Kier alpha value is -2.88. The fourth-order valence-electron chi connectivity index (χ4n) is 2.30. The average molecular weight is 264 g/mol. The molecule has 0 fully saturated rings. The summed E-state index contributed by atoms with van der Waals surface area (Å²) in [4.78, 5) is 0. The molecule has 0 spiro atoms. The lowest BCUT2D eigenvalue weighted by atomic mass is 10.1. The van der Waals surface area contributed by atoms with Gasteiger partial charge in [0.05, 0.1) is 0 Å². The van der Waals surface area contributed by atoms with E-state index in [1.807, 2.05) is 54.6 Å². The van der Waals surface area contributed by atoms with Gasteiger partial charge >= 0.3 is 0 Å². The third-order valence-electron chi connectivity index (χ3n) is 3.24. The Bertz CT molecular complexity index is 763. The molecule has 0 aliphatic heterocycles. The molecule has 0 aliphatic rings. The molecule has 0 unspecified atom stereocenters. The highest BCUT2D eigenvalue weighted by Gasteiger charge is 2.05. The monoisotopic (exact) mass is 264 g/mol. The van der Waals surface area contributed by atoms with Gasteiger partial charge in [-0.05, 0) is 47.9 Å². The lowest BCUT2D eigenvalue weighted by molar-refractivity contribution is 1.56. The van der Waals surface area contributed by atoms with Gasteiger partial charge in [0.1, 0.15) is 0 Å². The molecular formula is C16H16N4. The van der Waals surface area contributed by atoms with Gasteiger partial charge in [-0.25, -0.2) is 0 Å². The van der Waals surface area contributed by atoms with Crippen LogP contribution in [0.1, 0.15) is 0 Å². The van der Waals surface area contributed by atoms with Crippen molar-refractivity contribution < 1.29 is 0 Å². The van der Waals surface area contributed by atoms with Crippen molar-refractivity contribution in [2.75, 3.05) is 22.5 Å². The molecule has 0 bridgehead atoms. The first-order chi connectivity index (χ1) is 9.63. The number of nitrogen functional groups attached to an aromatic ring is 3. The van der Waals surface area contributed by atoms with E-state index in [-0.39, 0.29) is 0 Å². The number of nitrogens with one attached hydrogen (secondary N) is 1. The summed E-state index contributed by atoms with van der Waals surface area (Å²) in [7, 11) is 0. The van der Waals surface area contributed by atoms with E-state index < -0.39 is 0 Å². The van der Waals surface area contributed by atoms with E-state index in [9.17, 15) is 0 Å². The third kappa shape index (κ3) is 2.19. The van der Waals surface area contributed by atoms with Crippen molar-refractivity contribution in [3.8, 4) is 0 Å². The van der Waals surface area contributed by atoms with Crippen molar-refractivity contribution in [2.24, 2.45) is 0 Å². The summed E-state index contributed by atoms with van der Waals surface area (Å²) in [6.07, 6.45) is 0. The summed E-state index contributed by atoms with van der Waals surface area (Å²) in [5.74, 6) is 0. The lowest BCUT2D eigenvalue weighted by Gasteiger charge is -2.11. The molecule has 7 N–H and O–H groups in total. The van der Waals surface area contributed by atoms with Crippen molar-refractivity contribution in [2.45, 2.75) is 0 Å². The number of nitrogens with two attached hydrogens (primary N) is 3. The van der Waals surface area contributed by atoms with E-state index in [1.54, 1.807) is 0 Å². The minimum Gasteiger partial charge on any atom is -0.399 e. The van der Waals surface area contributed by atoms with Crippen LogP contribution in [0, 0.1) is 0 Å². The molecule has 3 rings (SSSR count). The second kappa shape index (κ2) is 4.66. The second-order valence-corrected chi connectivity index (χ2v) is 4.76. The highest BCUT2D eigenvalue weighted by atomic mass is 14.9. The predicted octanol–water partition coefficient (Wildman–Crippen LogP) is 3.33. The summed E-state index contributed by atoms with van der Waals surface area (Å²) < 4.78 is 0. The van der Waals surface area contributed by atoms with Crippen LogP contribution in [-0.4, -0.2) is 0 Å². The Labute approximate surface area is 117 Å². The maximum Gasteiger partial charge on any atom is 0.0435 e. The number of fused-ring (bicyclic) bond motifs is 1. The Morgan fingerprint density at radius 2 is 1.45 bits per heavy atom. The molecule has 3 aromatic rings. The van der Waals surface area contributed by atoms with E-state index >= 15 is 0 Å². The Morgan fingerprint density at radius 1 is 0.700 bits per heavy atom. The topological polar surface area (TPSA) is 90.1 Å². The molecule has 20 heavy (non-hydrogen) atoms. The van der Waals surface area contributed by atoms with Crippen molar-refractivity contribution in [3.05, 3.63) is 54.6 Å². The smallest absolute Gasteiger partial charge is 0.0435 e. The maximum absolute atomic E-state index is 6.10. The fourth-order valence-corrected chi connectivity index (χ4v) is 2.30. The number of hydrogen-bond acceptors (Lipinski definition) is 4. The molecule has 0 saturated carbocycles. The summed E-state index contributed by atoms with van der Waals surface area (Å²) >= 11 is 0. The Morgan fingerprint density at radius 3 is 2.20 bits per heavy atom. The molecule has 0 aliphatic carbocycles. The molecule has 0 aromatic heterocycles. The first-order valence-corrected chi connectivity index (χ1v) is 6.34. The van der Waals surface area contributed by atoms with Crippen LogP contribution in [0.25, 0.3) is 10.8 Å². The molecule has 3 aromatic carbocycles. The van der Waals surface area contributed by atoms with Crippen LogP contribution in [0.2, 0.25) is 0 Å². The zero-order valence-electron chi connectivity index (χ0n) is 10.9. The molecule has 100 valence electrons. The Balaban J connectivity index is 2.02. The van der Waals surface area contributed by atoms with E-state index in [0.717, 1.165) is 27.8 Å². The highest BCUT2D eigenvalue weighted by Crippen LogP contribution is 2.31. The molecule has 0 radical (unpaired) electrons. The molecular weight excluding hydrogens is 248 g/mol. The largest absolute Gasteiger partial charge is 0.399 e. The highest BCUT2D eigenvalue weighted by molar-refractivity contribution is 6.03. The van der Waals surface area contributed by atoms with Gasteiger partial charge in [0.15, 0.2) is 0 Å². The van der Waals surface area contributed by atoms with Gasteiger partial charge in [-0.2, -0.15) is 0 Å². The SMILES string of the molecule is Nc1ccc(Nc2cc(N)c3c(N)cccc3c2)cc1. The van der Waals surface area contributed by atoms with E-state index in [0.29, 0.717) is 11.4 Å². The zero-order chi connectivity index (χ0) is 14.1. The molecule has 0 heterocycles. The molecule has 4 heteroatoms. The van der Waals surface area contributed by atoms with E-state index in [2.05, 4.69) is 5.32 Å². The maximum atomic E-state index is 6.10. The molecule has 0 atom stereocenters. The summed E-state index contributed by atoms with van der Waals surface area (Å²) in [6, 6.07) is 17.2. The average Bonchev–Trinajstić information content (AvgIpc) is 2.41. The van der Waals surface area contributed by atoms with Gasteiger partial charge in [0.2, 0.25) is 0 Å². The van der Waals surface area contributed by atoms with Gasteiger partial charge < -0.3 is 22.5 Å². The van der Waals surface area contributed by atoms with Crippen LogP contribution in [0.5, 0.6) is 0 Å². The van der Waals surface area contributed by atoms with Gasteiger partial charge in [-0.15, -0.1) is 0 Å². The molecule has 0 saturated heterocycles. The quantitative estimate of drug-likeness (QED) is 0.534. The minimum absolute atomic E-state index is 0.665. The normalized spacial score (nSPS) is 10.6. The fraction of sp³-hybridized carbons (Fsp3) is 0. The van der Waals surface area contributed by atoms with Crippen LogP contribution in [0.15, 0.2) is 54.6 Å². The zero-order valence-corrected chi connectivity index (χ0v) is 10.9. The van der Waals surface area contributed by atoms with Gasteiger partial charge in [-0.1, -0.05) is 12.1 Å². The summed E-state index contributed by atoms with van der Waals surface area (Å²) in [5.41, 5.74) is 21.7. The van der Waals surface area contributed by atoms with Gasteiger partial charge in [0.25, 0.3) is 0 Å². The van der Waals surface area contributed by atoms with Crippen molar-refractivity contribution in [3.63, 3.8) is 0 Å². The first-order valence-electron chi connectivity index (χ1n) is 6.34. The second-order valence-electron chi connectivity index (χ2n) is 4.76. The summed E-state index contributed by atoms with van der Waals surface area (Å²) in [5, 5.41) is 5.22. The summed E-state index contributed by atoms with van der Waals surface area (Å²) in [6.45, 7) is 0. The van der Waals surface area contributed by atoms with Crippen molar-refractivity contribution >= 4 is 39.2 Å². The standard InChI is InChI=1S/C16H16N4/c17-11-4-6-12(7-5-11)20-13-8-10-2-1-3-14(18)16(10)15(19)9-13/h1-9,20H,17-19H2. The van der Waals surface area contributed by atoms with Gasteiger partial charge in [-0.3, -0.25) is 0 Å². The van der Waals surface area contributed by atoms with Gasteiger partial charge in [0, 0.05) is 33.8 Å². The van der Waals surface area contributed by atoms with Crippen molar-refractivity contribution in [1.29, 1.82) is 0 Å². The van der Waals surface area contributed by atoms with Crippen LogP contribution >= 0.6 is 0 Å². The van der Waals surface area contributed by atoms with E-state index in [1.165, 1.54) is 0 Å². The van der Waals surface area contributed by atoms with E-state index in [4.69, 9.17) is 17.2 Å². The van der Waals surface area contributed by atoms with Crippen molar-refractivity contribution in [1.82, 2.24) is 0 Å². The predicted molar refractivity (Wildman–Crippen MR) is 86.9 cm³/mol. The van der Waals surface area contributed by atoms with Crippen LogP contribution < -0.4 is 22.5 Å². The number of hydrogen-bond donors (Lipinski definition) is 4. The minimum atomic E-state index is 0.665. The third-order valence-corrected chi connectivity index (χ3v) is 3.24. The molecule has 4 nitrogen and oxygen atoms in total. The van der Waals surface area contributed by atoms with Crippen LogP contribution in [0.3, 0.4) is 0 Å². The van der Waals surface area contributed by atoms with Crippen LogP contribution in [0.4, 0.5) is 28.4 Å². The number of anilines is 5.